The van der Waals surface area contributed by atoms with Crippen molar-refractivity contribution in [1.82, 2.24) is 14.9 Å². The highest BCUT2D eigenvalue weighted by Gasteiger charge is 2.18. The van der Waals surface area contributed by atoms with Crippen LogP contribution in [0, 0.1) is 0 Å². The van der Waals surface area contributed by atoms with E-state index in [1.165, 1.54) is 11.8 Å². The van der Waals surface area contributed by atoms with Gasteiger partial charge in [-0.1, -0.05) is 55.4 Å². The van der Waals surface area contributed by atoms with Crippen molar-refractivity contribution in [2.24, 2.45) is 0 Å². The van der Waals surface area contributed by atoms with Gasteiger partial charge < -0.3 is 5.32 Å². The molecule has 5 nitrogen and oxygen atoms in total. The number of aromatic nitrogens is 2. The van der Waals surface area contributed by atoms with Crippen LogP contribution < -0.4 is 10.9 Å². The average molecular weight is 430 g/mol. The first-order valence-corrected chi connectivity index (χ1v) is 10.9. The molecule has 0 atom stereocenters. The van der Waals surface area contributed by atoms with Crippen LogP contribution in [-0.2, 0) is 4.79 Å². The fourth-order valence-corrected chi connectivity index (χ4v) is 4.10. The normalized spacial score (nSPS) is 11.4. The molecule has 29 heavy (non-hydrogen) atoms. The molecule has 1 heterocycles. The van der Waals surface area contributed by atoms with Crippen molar-refractivity contribution in [2.75, 3.05) is 5.75 Å². The van der Waals surface area contributed by atoms with E-state index in [1.54, 1.807) is 22.8 Å². The first kappa shape index (κ1) is 21.4. The Balaban J connectivity index is 2.19. The Labute approximate surface area is 179 Å². The van der Waals surface area contributed by atoms with E-state index in [9.17, 15) is 9.59 Å². The highest BCUT2D eigenvalue weighted by atomic mass is 35.5. The van der Waals surface area contributed by atoms with Crippen molar-refractivity contribution < 1.29 is 4.79 Å². The lowest BCUT2D eigenvalue weighted by molar-refractivity contribution is -0.119. The van der Waals surface area contributed by atoms with Gasteiger partial charge in [0.15, 0.2) is 5.16 Å². The average Bonchev–Trinajstić information content (AvgIpc) is 2.65. The number of hydrogen-bond acceptors (Lipinski definition) is 4. The maximum absolute atomic E-state index is 13.4. The number of thioether (sulfide) groups is 1. The van der Waals surface area contributed by atoms with Crippen molar-refractivity contribution >= 4 is 40.2 Å². The minimum Gasteiger partial charge on any atom is -0.353 e. The molecule has 0 saturated carbocycles. The van der Waals surface area contributed by atoms with E-state index >= 15 is 0 Å². The summed E-state index contributed by atoms with van der Waals surface area (Å²) in [7, 11) is 0. The van der Waals surface area contributed by atoms with Crippen molar-refractivity contribution in [1.29, 1.82) is 0 Å². The monoisotopic (exact) mass is 429 g/mol. The molecule has 0 radical (unpaired) electrons. The lowest BCUT2D eigenvalue weighted by Crippen LogP contribution is -2.32. The van der Waals surface area contributed by atoms with Crippen molar-refractivity contribution in [3.8, 4) is 5.69 Å². The number of carbonyl (C=O) groups excluding carboxylic acids is 1. The Kier molecular flexibility index (Phi) is 6.65. The standard InChI is InChI=1S/C22H24ClN3O2S/c1-13(2)16-7-5-6-8-19(16)26-21(28)17-10-9-15(23)11-18(17)25-22(26)29-12-20(27)24-14(3)4/h5-11,13-14H,12H2,1-4H3,(H,24,27). The van der Waals surface area contributed by atoms with Crippen LogP contribution >= 0.6 is 23.4 Å². The number of carbonyl (C=O) groups is 1. The molecule has 0 aliphatic heterocycles. The smallest absolute Gasteiger partial charge is 0.266 e. The maximum Gasteiger partial charge on any atom is 0.266 e. The number of benzene rings is 2. The van der Waals surface area contributed by atoms with E-state index < -0.39 is 0 Å². The highest BCUT2D eigenvalue weighted by Crippen LogP contribution is 2.27. The zero-order valence-electron chi connectivity index (χ0n) is 16.9. The molecule has 1 N–H and O–H groups in total. The first-order valence-electron chi connectivity index (χ1n) is 9.51. The SMILES string of the molecule is CC(C)NC(=O)CSc1nc2cc(Cl)ccc2c(=O)n1-c1ccccc1C(C)C. The molecule has 3 rings (SSSR count). The number of nitrogens with one attached hydrogen (secondary N) is 1. The van der Waals surface area contributed by atoms with Crippen LogP contribution in [0.25, 0.3) is 16.6 Å². The molecule has 0 aliphatic carbocycles. The predicted octanol–water partition coefficient (Wildman–Crippen LogP) is 4.78. The fourth-order valence-electron chi connectivity index (χ4n) is 3.12. The van der Waals surface area contributed by atoms with Crippen molar-refractivity contribution in [3.05, 3.63) is 63.4 Å². The molecule has 1 aromatic heterocycles. The molecule has 2 aromatic carbocycles. The lowest BCUT2D eigenvalue weighted by Gasteiger charge is -2.18. The summed E-state index contributed by atoms with van der Waals surface area (Å²) in [5.74, 6) is 0.288. The van der Waals surface area contributed by atoms with Gasteiger partial charge in [-0.05, 0) is 49.6 Å². The third-order valence-corrected chi connectivity index (χ3v) is 5.56. The summed E-state index contributed by atoms with van der Waals surface area (Å²) in [6.07, 6.45) is 0. The van der Waals surface area contributed by atoms with Crippen LogP contribution in [-0.4, -0.2) is 27.3 Å². The maximum atomic E-state index is 13.4. The molecular formula is C22H24ClN3O2S. The molecular weight excluding hydrogens is 406 g/mol. The van der Waals surface area contributed by atoms with Gasteiger partial charge in [-0.25, -0.2) is 4.98 Å². The Morgan fingerprint density at radius 2 is 1.90 bits per heavy atom. The van der Waals surface area contributed by atoms with Crippen LogP contribution in [0.3, 0.4) is 0 Å². The topological polar surface area (TPSA) is 64.0 Å². The van der Waals surface area contributed by atoms with Gasteiger partial charge in [0.25, 0.3) is 5.56 Å². The summed E-state index contributed by atoms with van der Waals surface area (Å²) >= 11 is 7.36. The Morgan fingerprint density at radius 3 is 2.59 bits per heavy atom. The number of hydrogen-bond donors (Lipinski definition) is 1. The number of amides is 1. The Hall–Kier alpha value is -2.31. The second kappa shape index (κ2) is 9.01. The van der Waals surface area contributed by atoms with E-state index in [4.69, 9.17) is 11.6 Å². The van der Waals surface area contributed by atoms with Gasteiger partial charge in [-0.2, -0.15) is 0 Å². The summed E-state index contributed by atoms with van der Waals surface area (Å²) in [5.41, 5.74) is 2.17. The van der Waals surface area contributed by atoms with Crippen molar-refractivity contribution in [2.45, 2.75) is 44.8 Å². The molecule has 7 heteroatoms. The molecule has 0 saturated heterocycles. The van der Waals surface area contributed by atoms with Gasteiger partial charge in [0.2, 0.25) is 5.91 Å². The molecule has 1 amide bonds. The van der Waals surface area contributed by atoms with E-state index in [1.807, 2.05) is 38.1 Å². The summed E-state index contributed by atoms with van der Waals surface area (Å²) in [6, 6.07) is 12.9. The molecule has 0 spiro atoms. The van der Waals surface area contributed by atoms with Crippen LogP contribution in [0.1, 0.15) is 39.2 Å². The van der Waals surface area contributed by atoms with Crippen molar-refractivity contribution in [3.63, 3.8) is 0 Å². The summed E-state index contributed by atoms with van der Waals surface area (Å²) in [5, 5.41) is 4.34. The second-order valence-corrected chi connectivity index (χ2v) is 8.80. The van der Waals surface area contributed by atoms with Crippen LogP contribution in [0.5, 0.6) is 0 Å². The minimum atomic E-state index is -0.175. The fraction of sp³-hybridized carbons (Fsp3) is 0.318. The first-order chi connectivity index (χ1) is 13.8. The van der Waals surface area contributed by atoms with Gasteiger partial charge in [-0.3, -0.25) is 14.2 Å². The quantitative estimate of drug-likeness (QED) is 0.452. The number of para-hydroxylation sites is 1. The number of rotatable bonds is 6. The summed E-state index contributed by atoms with van der Waals surface area (Å²) in [4.78, 5) is 30.3. The molecule has 3 aromatic rings. The Morgan fingerprint density at radius 1 is 1.17 bits per heavy atom. The van der Waals surface area contributed by atoms with Gasteiger partial charge in [0, 0.05) is 11.1 Å². The minimum absolute atomic E-state index is 0.0512. The van der Waals surface area contributed by atoms with E-state index in [0.29, 0.717) is 21.1 Å². The summed E-state index contributed by atoms with van der Waals surface area (Å²) < 4.78 is 1.61. The molecule has 0 fully saturated rings. The second-order valence-electron chi connectivity index (χ2n) is 7.42. The molecule has 152 valence electrons. The van der Waals surface area contributed by atoms with Crippen LogP contribution in [0.2, 0.25) is 5.02 Å². The van der Waals surface area contributed by atoms with Crippen LogP contribution in [0.15, 0.2) is 52.4 Å². The largest absolute Gasteiger partial charge is 0.353 e. The Bertz CT molecular complexity index is 1110. The number of halogens is 1. The van der Waals surface area contributed by atoms with Gasteiger partial charge in [-0.15, -0.1) is 0 Å². The van der Waals surface area contributed by atoms with E-state index in [-0.39, 0.29) is 29.2 Å². The highest BCUT2D eigenvalue weighted by molar-refractivity contribution is 7.99. The lowest BCUT2D eigenvalue weighted by atomic mass is 10.0. The van der Waals surface area contributed by atoms with Gasteiger partial charge >= 0.3 is 0 Å². The van der Waals surface area contributed by atoms with E-state index in [2.05, 4.69) is 24.1 Å². The van der Waals surface area contributed by atoms with E-state index in [0.717, 1.165) is 11.3 Å². The van der Waals surface area contributed by atoms with Crippen LogP contribution in [0.4, 0.5) is 0 Å². The zero-order chi connectivity index (χ0) is 21.1. The third-order valence-electron chi connectivity index (χ3n) is 4.38. The zero-order valence-corrected chi connectivity index (χ0v) is 18.5. The molecule has 0 unspecified atom stereocenters. The molecule has 0 bridgehead atoms. The molecule has 0 aliphatic rings. The number of fused-ring (bicyclic) bond motifs is 1. The van der Waals surface area contributed by atoms with Gasteiger partial charge in [0.1, 0.15) is 0 Å². The third kappa shape index (κ3) is 4.82. The number of nitrogens with zero attached hydrogens (tertiary/aromatic N) is 2. The summed E-state index contributed by atoms with van der Waals surface area (Å²) in [6.45, 7) is 7.99. The van der Waals surface area contributed by atoms with Gasteiger partial charge in [0.05, 0.1) is 22.3 Å². The predicted molar refractivity (Wildman–Crippen MR) is 120 cm³/mol.